The molecule has 134 valence electrons. The molecule has 4 nitrogen and oxygen atoms in total. The maximum atomic E-state index is 11.5. The van der Waals surface area contributed by atoms with Crippen molar-refractivity contribution in [2.45, 2.75) is 44.9 Å². The number of benzene rings is 2. The Morgan fingerprint density at radius 2 is 2.04 bits per heavy atom. The second-order valence-electron chi connectivity index (χ2n) is 7.03. The molecule has 3 rings (SSSR count). The molecule has 0 spiro atoms. The van der Waals surface area contributed by atoms with Crippen LogP contribution in [0.3, 0.4) is 0 Å². The van der Waals surface area contributed by atoms with E-state index in [1.54, 1.807) is 0 Å². The van der Waals surface area contributed by atoms with Crippen LogP contribution in [0.5, 0.6) is 0 Å². The summed E-state index contributed by atoms with van der Waals surface area (Å²) in [5.41, 5.74) is 0.554. The minimum Gasteiger partial charge on any atom is -0.378 e. The summed E-state index contributed by atoms with van der Waals surface area (Å²) in [4.78, 5) is 2.11. The second kappa shape index (κ2) is 7.65. The summed E-state index contributed by atoms with van der Waals surface area (Å²) in [6.45, 7) is 5.80. The van der Waals surface area contributed by atoms with E-state index < -0.39 is 5.72 Å². The van der Waals surface area contributed by atoms with Gasteiger partial charge >= 0.3 is 0 Å². The molecule has 2 atom stereocenters. The predicted molar refractivity (Wildman–Crippen MR) is 102 cm³/mol. The Kier molecular flexibility index (Phi) is 5.52. The number of ether oxygens (including phenoxy) is 1. The molecule has 1 saturated heterocycles. The van der Waals surface area contributed by atoms with Crippen molar-refractivity contribution in [1.82, 2.24) is 4.90 Å². The summed E-state index contributed by atoms with van der Waals surface area (Å²) >= 11 is 0. The van der Waals surface area contributed by atoms with E-state index in [1.807, 2.05) is 31.2 Å². The largest absolute Gasteiger partial charge is 0.378 e. The van der Waals surface area contributed by atoms with E-state index in [1.165, 1.54) is 0 Å². The lowest BCUT2D eigenvalue weighted by atomic mass is 9.93. The molecule has 0 aliphatic carbocycles. The van der Waals surface area contributed by atoms with Gasteiger partial charge in [0.15, 0.2) is 0 Å². The molecule has 1 heterocycles. The van der Waals surface area contributed by atoms with Gasteiger partial charge in [-0.05, 0) is 24.1 Å². The molecular weight excluding hydrogens is 312 g/mol. The fraction of sp³-hybridized carbons (Fsp3) is 0.476. The number of hydrogen-bond donors (Lipinski definition) is 2. The van der Waals surface area contributed by atoms with Gasteiger partial charge in [0.25, 0.3) is 0 Å². The van der Waals surface area contributed by atoms with Crippen LogP contribution in [0.15, 0.2) is 42.5 Å². The zero-order chi connectivity index (χ0) is 17.9. The molecular formula is C21H28N2O2. The van der Waals surface area contributed by atoms with Crippen molar-refractivity contribution in [3.8, 4) is 0 Å². The fourth-order valence-electron chi connectivity index (χ4n) is 3.88. The van der Waals surface area contributed by atoms with Crippen molar-refractivity contribution >= 4 is 16.5 Å². The third kappa shape index (κ3) is 3.76. The fourth-order valence-corrected chi connectivity index (χ4v) is 3.88. The number of aliphatic hydroxyl groups is 1. The third-order valence-corrected chi connectivity index (χ3v) is 5.12. The van der Waals surface area contributed by atoms with Crippen LogP contribution >= 0.6 is 0 Å². The zero-order valence-corrected chi connectivity index (χ0v) is 15.2. The van der Waals surface area contributed by atoms with Gasteiger partial charge < -0.3 is 15.3 Å². The Morgan fingerprint density at radius 3 is 2.84 bits per heavy atom. The van der Waals surface area contributed by atoms with Crippen LogP contribution in [0.2, 0.25) is 0 Å². The van der Waals surface area contributed by atoms with Crippen LogP contribution in [0.4, 0.5) is 0 Å². The Morgan fingerprint density at radius 1 is 1.28 bits per heavy atom. The van der Waals surface area contributed by atoms with Crippen LogP contribution in [0, 0.1) is 5.41 Å². The maximum Gasteiger partial charge on any atom is 0.142 e. The molecule has 2 aromatic carbocycles. The van der Waals surface area contributed by atoms with E-state index in [-0.39, 0.29) is 6.04 Å². The molecule has 1 aliphatic rings. The van der Waals surface area contributed by atoms with E-state index in [0.717, 1.165) is 34.9 Å². The van der Waals surface area contributed by atoms with Crippen LogP contribution in [0.1, 0.15) is 38.7 Å². The Labute approximate surface area is 149 Å². The number of nitrogens with one attached hydrogen (secondary N) is 1. The van der Waals surface area contributed by atoms with E-state index in [9.17, 15) is 5.11 Å². The van der Waals surface area contributed by atoms with Crippen molar-refractivity contribution in [3.63, 3.8) is 0 Å². The topological polar surface area (TPSA) is 56.5 Å². The Hall–Kier alpha value is -1.75. The van der Waals surface area contributed by atoms with Crippen LogP contribution in [-0.4, -0.2) is 41.5 Å². The average molecular weight is 340 g/mol. The summed E-state index contributed by atoms with van der Waals surface area (Å²) in [6, 6.07) is 14.3. The highest BCUT2D eigenvalue weighted by atomic mass is 16.5. The normalized spacial score (nSPS) is 21.2. The highest BCUT2D eigenvalue weighted by molar-refractivity contribution is 5.86. The van der Waals surface area contributed by atoms with Gasteiger partial charge in [-0.3, -0.25) is 4.90 Å². The van der Waals surface area contributed by atoms with Gasteiger partial charge in [-0.2, -0.15) is 0 Å². The molecule has 4 heteroatoms. The first-order valence-corrected chi connectivity index (χ1v) is 9.15. The van der Waals surface area contributed by atoms with Gasteiger partial charge in [-0.1, -0.05) is 55.8 Å². The number of nitrogens with zero attached hydrogens (tertiary/aromatic N) is 1. The molecule has 1 fully saturated rings. The molecule has 0 saturated carbocycles. The zero-order valence-electron chi connectivity index (χ0n) is 15.2. The smallest absolute Gasteiger partial charge is 0.142 e. The monoisotopic (exact) mass is 340 g/mol. The lowest BCUT2D eigenvalue weighted by Gasteiger charge is -2.45. The molecule has 2 aromatic rings. The van der Waals surface area contributed by atoms with Gasteiger partial charge in [0, 0.05) is 30.3 Å². The molecule has 2 unspecified atom stereocenters. The summed E-state index contributed by atoms with van der Waals surface area (Å²) < 4.78 is 5.66. The van der Waals surface area contributed by atoms with Crippen LogP contribution < -0.4 is 0 Å². The highest BCUT2D eigenvalue weighted by Gasteiger charge is 2.39. The first-order valence-electron chi connectivity index (χ1n) is 9.15. The number of rotatable bonds is 6. The molecule has 0 radical (unpaired) electrons. The van der Waals surface area contributed by atoms with E-state index in [0.29, 0.717) is 26.2 Å². The molecule has 25 heavy (non-hydrogen) atoms. The number of hydrogen-bond acceptors (Lipinski definition) is 4. The van der Waals surface area contributed by atoms with Crippen molar-refractivity contribution < 1.29 is 9.84 Å². The highest BCUT2D eigenvalue weighted by Crippen LogP contribution is 2.34. The Balaban J connectivity index is 1.94. The lowest BCUT2D eigenvalue weighted by Crippen LogP contribution is -2.56. The summed E-state index contributed by atoms with van der Waals surface area (Å²) in [5, 5.41) is 21.9. The SMILES string of the molecule is CCCC(=N)CC1COCCN1C(C)(O)c1cccc2ccccc12. The predicted octanol–water partition coefficient (Wildman–Crippen LogP) is 3.92. The third-order valence-electron chi connectivity index (χ3n) is 5.12. The molecule has 2 N–H and O–H groups in total. The van der Waals surface area contributed by atoms with E-state index in [4.69, 9.17) is 10.1 Å². The first-order chi connectivity index (χ1) is 12.0. The quantitative estimate of drug-likeness (QED) is 0.784. The van der Waals surface area contributed by atoms with Gasteiger partial charge in [-0.15, -0.1) is 0 Å². The lowest BCUT2D eigenvalue weighted by molar-refractivity contribution is -0.160. The van der Waals surface area contributed by atoms with E-state index in [2.05, 4.69) is 30.0 Å². The molecule has 0 amide bonds. The molecule has 0 aromatic heterocycles. The van der Waals surface area contributed by atoms with Crippen molar-refractivity contribution in [3.05, 3.63) is 48.0 Å². The number of fused-ring (bicyclic) bond motifs is 1. The Bertz CT molecular complexity index is 736. The van der Waals surface area contributed by atoms with Gasteiger partial charge in [0.2, 0.25) is 0 Å². The maximum absolute atomic E-state index is 11.5. The minimum absolute atomic E-state index is 0.0294. The van der Waals surface area contributed by atoms with Crippen LogP contribution in [0.25, 0.3) is 10.8 Å². The standard InChI is InChI=1S/C21H28N2O2/c1-3-7-17(22)14-18-15-25-13-12-23(18)21(2,24)20-11-6-9-16-8-4-5-10-19(16)20/h4-6,8-11,18,22,24H,3,7,12-15H2,1-2H3. The van der Waals surface area contributed by atoms with Crippen LogP contribution in [-0.2, 0) is 10.5 Å². The van der Waals surface area contributed by atoms with Crippen molar-refractivity contribution in [2.75, 3.05) is 19.8 Å². The minimum atomic E-state index is -1.10. The van der Waals surface area contributed by atoms with Gasteiger partial charge in [0.1, 0.15) is 5.72 Å². The van der Waals surface area contributed by atoms with E-state index >= 15 is 0 Å². The second-order valence-corrected chi connectivity index (χ2v) is 7.03. The van der Waals surface area contributed by atoms with Gasteiger partial charge in [-0.25, -0.2) is 0 Å². The molecule has 1 aliphatic heterocycles. The van der Waals surface area contributed by atoms with Gasteiger partial charge in [0.05, 0.1) is 13.2 Å². The molecule has 0 bridgehead atoms. The summed E-state index contributed by atoms with van der Waals surface area (Å²) in [5.74, 6) is 0. The van der Waals surface area contributed by atoms with Crippen molar-refractivity contribution in [1.29, 1.82) is 5.41 Å². The summed E-state index contributed by atoms with van der Waals surface area (Å²) in [6.07, 6.45) is 2.43. The average Bonchev–Trinajstić information content (AvgIpc) is 2.61. The first kappa shape index (κ1) is 18.1. The van der Waals surface area contributed by atoms with Crippen molar-refractivity contribution in [2.24, 2.45) is 0 Å². The number of morpholine rings is 1. The summed E-state index contributed by atoms with van der Waals surface area (Å²) in [7, 11) is 0.